The van der Waals surface area contributed by atoms with Crippen LogP contribution >= 0.6 is 7.82 Å². The highest BCUT2D eigenvalue weighted by Crippen LogP contribution is 2.36. The lowest BCUT2D eigenvalue weighted by molar-refractivity contribution is -0.161. The first-order chi connectivity index (χ1) is 27.5. The van der Waals surface area contributed by atoms with Gasteiger partial charge in [-0.25, -0.2) is 4.57 Å². The van der Waals surface area contributed by atoms with Crippen LogP contribution in [0.15, 0.2) is 72.9 Å². The highest BCUT2D eigenvalue weighted by Gasteiger charge is 2.22. The zero-order valence-electron chi connectivity index (χ0n) is 36.0. The maximum absolute atomic E-state index is 12.4. The van der Waals surface area contributed by atoms with Crippen LogP contribution in [0.25, 0.3) is 0 Å². The molecule has 10 heteroatoms. The predicted octanol–water partition coefficient (Wildman–Crippen LogP) is 12.7. The average molecular weight is 821 g/mol. The third-order valence-corrected chi connectivity index (χ3v) is 9.75. The summed E-state index contributed by atoms with van der Waals surface area (Å²) < 4.78 is 26.3. The molecule has 0 aromatic carbocycles. The lowest BCUT2D eigenvalue weighted by Crippen LogP contribution is -2.29. The standard InChI is InChI=1S/C47H81O9P/c1-4-5-31-37-44(48)38-33-28-24-20-16-12-10-14-18-22-26-30-35-40-47(50)56-45(42-55-57(51,52)53)41-54-46(49)39-34-29-25-21-17-13-9-7-6-8-11-15-19-23-27-32-36-43(2)3/h5,12,14,16,18,24,26,28,30-31,33,38,43-45,48H,4,6-11,13,15,17,19-23,25,27,29,32,34-37,39-42H2,1-3H3,(H2,51,52,53)/b16-12-,18-14-,28-24+,30-26-,31-5-,38-33+/t44?,45-/m1/s1. The molecule has 0 heterocycles. The van der Waals surface area contributed by atoms with Crippen molar-refractivity contribution in [3.8, 4) is 0 Å². The third-order valence-electron chi connectivity index (χ3n) is 9.26. The van der Waals surface area contributed by atoms with E-state index >= 15 is 0 Å². The van der Waals surface area contributed by atoms with Crippen molar-refractivity contribution in [2.75, 3.05) is 13.2 Å². The number of phosphoric acid groups is 1. The highest BCUT2D eigenvalue weighted by atomic mass is 31.2. The molecule has 57 heavy (non-hydrogen) atoms. The quantitative estimate of drug-likeness (QED) is 0.0182. The Balaban J connectivity index is 4.04. The molecule has 9 nitrogen and oxygen atoms in total. The highest BCUT2D eigenvalue weighted by molar-refractivity contribution is 7.46. The van der Waals surface area contributed by atoms with E-state index in [0.29, 0.717) is 19.3 Å². The Morgan fingerprint density at radius 2 is 1.11 bits per heavy atom. The molecule has 1 unspecified atom stereocenters. The fourth-order valence-electron chi connectivity index (χ4n) is 5.96. The molecule has 0 aromatic rings. The van der Waals surface area contributed by atoms with Crippen molar-refractivity contribution < 1.29 is 43.0 Å². The second-order valence-corrected chi connectivity index (χ2v) is 16.6. The Labute approximate surface area is 347 Å². The number of aliphatic hydroxyl groups is 1. The van der Waals surface area contributed by atoms with Crippen LogP contribution < -0.4 is 0 Å². The monoisotopic (exact) mass is 821 g/mol. The number of allylic oxidation sites excluding steroid dienone is 10. The van der Waals surface area contributed by atoms with Gasteiger partial charge in [0.25, 0.3) is 0 Å². The molecule has 0 amide bonds. The van der Waals surface area contributed by atoms with E-state index in [2.05, 4.69) is 43.5 Å². The lowest BCUT2D eigenvalue weighted by atomic mass is 10.0. The number of rotatable bonds is 39. The summed E-state index contributed by atoms with van der Waals surface area (Å²) in [5.41, 5.74) is 0. The molecule has 0 fully saturated rings. The number of unbranched alkanes of at least 4 members (excludes halogenated alkanes) is 15. The van der Waals surface area contributed by atoms with E-state index in [0.717, 1.165) is 50.9 Å². The van der Waals surface area contributed by atoms with Crippen LogP contribution in [0.1, 0.15) is 181 Å². The molecule has 0 bridgehead atoms. The van der Waals surface area contributed by atoms with Gasteiger partial charge in [-0.2, -0.15) is 0 Å². The molecule has 328 valence electrons. The minimum atomic E-state index is -4.79. The van der Waals surface area contributed by atoms with Gasteiger partial charge < -0.3 is 24.4 Å². The van der Waals surface area contributed by atoms with E-state index in [4.69, 9.17) is 19.3 Å². The number of esters is 2. The first-order valence-electron chi connectivity index (χ1n) is 22.2. The van der Waals surface area contributed by atoms with Crippen molar-refractivity contribution in [1.29, 1.82) is 0 Å². The minimum Gasteiger partial charge on any atom is -0.462 e. The van der Waals surface area contributed by atoms with E-state index in [1.165, 1.54) is 83.5 Å². The van der Waals surface area contributed by atoms with Crippen molar-refractivity contribution in [3.05, 3.63) is 72.9 Å². The summed E-state index contributed by atoms with van der Waals surface area (Å²) in [5.74, 6) is -0.168. The van der Waals surface area contributed by atoms with Crippen molar-refractivity contribution in [2.45, 2.75) is 193 Å². The van der Waals surface area contributed by atoms with Crippen LogP contribution in [0, 0.1) is 5.92 Å². The number of ether oxygens (including phenoxy) is 2. The van der Waals surface area contributed by atoms with Gasteiger partial charge in [0, 0.05) is 12.8 Å². The van der Waals surface area contributed by atoms with Crippen molar-refractivity contribution in [2.24, 2.45) is 5.92 Å². The topological polar surface area (TPSA) is 140 Å². The SMILES string of the molecule is CC/C=C\CC(O)/C=C/C=C/C/C=C\C/C=C\C/C=C\CCC(=O)O[C@H](COC(=O)CCCCCCCCCCCCCCCCCCC(C)C)COP(=O)(O)O. The van der Waals surface area contributed by atoms with Gasteiger partial charge >= 0.3 is 19.8 Å². The fourth-order valence-corrected chi connectivity index (χ4v) is 6.32. The molecular formula is C47H81O9P. The van der Waals surface area contributed by atoms with Gasteiger partial charge in [-0.3, -0.25) is 14.1 Å². The van der Waals surface area contributed by atoms with Crippen molar-refractivity contribution >= 4 is 19.8 Å². The van der Waals surface area contributed by atoms with Crippen LogP contribution in [-0.2, 0) is 28.2 Å². The Morgan fingerprint density at radius 3 is 1.63 bits per heavy atom. The van der Waals surface area contributed by atoms with E-state index < -0.39 is 38.6 Å². The van der Waals surface area contributed by atoms with Crippen molar-refractivity contribution in [3.63, 3.8) is 0 Å². The molecule has 0 rings (SSSR count). The summed E-state index contributed by atoms with van der Waals surface area (Å²) in [4.78, 5) is 42.9. The number of aliphatic hydroxyl groups excluding tert-OH is 1. The lowest BCUT2D eigenvalue weighted by Gasteiger charge is -2.18. The van der Waals surface area contributed by atoms with Crippen molar-refractivity contribution in [1.82, 2.24) is 0 Å². The number of hydrogen-bond acceptors (Lipinski definition) is 7. The largest absolute Gasteiger partial charge is 0.469 e. The maximum Gasteiger partial charge on any atom is 0.469 e. The van der Waals surface area contributed by atoms with Crippen LogP contribution in [0.4, 0.5) is 0 Å². The van der Waals surface area contributed by atoms with Gasteiger partial charge in [0.05, 0.1) is 12.7 Å². The molecule has 0 saturated carbocycles. The Bertz CT molecular complexity index is 1180. The summed E-state index contributed by atoms with van der Waals surface area (Å²) >= 11 is 0. The average Bonchev–Trinajstić information content (AvgIpc) is 3.16. The van der Waals surface area contributed by atoms with Gasteiger partial charge in [0.2, 0.25) is 0 Å². The second-order valence-electron chi connectivity index (χ2n) is 15.3. The Kier molecular flexibility index (Phi) is 38.4. The molecular weight excluding hydrogens is 739 g/mol. The first-order valence-corrected chi connectivity index (χ1v) is 23.7. The summed E-state index contributed by atoms with van der Waals surface area (Å²) in [6.45, 7) is 5.77. The Morgan fingerprint density at radius 1 is 0.596 bits per heavy atom. The van der Waals surface area contributed by atoms with E-state index in [1.807, 2.05) is 48.6 Å². The predicted molar refractivity (Wildman–Crippen MR) is 236 cm³/mol. The summed E-state index contributed by atoms with van der Waals surface area (Å²) in [7, 11) is -4.79. The molecule has 3 N–H and O–H groups in total. The number of carbonyl (C=O) groups is 2. The van der Waals surface area contributed by atoms with Gasteiger partial charge in [0.1, 0.15) is 6.61 Å². The van der Waals surface area contributed by atoms with Gasteiger partial charge in [-0.05, 0) is 50.9 Å². The third kappa shape index (κ3) is 44.4. The summed E-state index contributed by atoms with van der Waals surface area (Å²) in [5, 5.41) is 9.82. The number of phosphoric ester groups is 1. The zero-order chi connectivity index (χ0) is 42.1. The van der Waals surface area contributed by atoms with E-state index in [1.54, 1.807) is 6.08 Å². The Hall–Kier alpha value is -2.55. The van der Waals surface area contributed by atoms with Crippen LogP contribution in [0.5, 0.6) is 0 Å². The van der Waals surface area contributed by atoms with Gasteiger partial charge in [-0.1, -0.05) is 196 Å². The smallest absolute Gasteiger partial charge is 0.462 e. The van der Waals surface area contributed by atoms with Crippen LogP contribution in [0.2, 0.25) is 0 Å². The molecule has 0 aliphatic rings. The molecule has 0 aromatic heterocycles. The number of carbonyl (C=O) groups excluding carboxylic acids is 2. The summed E-state index contributed by atoms with van der Waals surface area (Å²) in [6, 6.07) is 0. The molecule has 2 atom stereocenters. The molecule has 0 aliphatic heterocycles. The molecule has 0 spiro atoms. The maximum atomic E-state index is 12.4. The zero-order valence-corrected chi connectivity index (χ0v) is 36.9. The number of hydrogen-bond donors (Lipinski definition) is 3. The van der Waals surface area contributed by atoms with Gasteiger partial charge in [0.15, 0.2) is 6.10 Å². The first kappa shape index (κ1) is 54.5. The fraction of sp³-hybridized carbons (Fsp3) is 0.702. The molecule has 0 aliphatic carbocycles. The second kappa shape index (κ2) is 40.2. The van der Waals surface area contributed by atoms with Gasteiger partial charge in [-0.15, -0.1) is 0 Å². The minimum absolute atomic E-state index is 0.0692. The normalized spacial score (nSPS) is 13.8. The molecule has 0 saturated heterocycles. The summed E-state index contributed by atoms with van der Waals surface area (Å²) in [6.07, 6.45) is 48.3. The van der Waals surface area contributed by atoms with Crippen LogP contribution in [0.3, 0.4) is 0 Å². The molecule has 0 radical (unpaired) electrons. The van der Waals surface area contributed by atoms with E-state index in [-0.39, 0.29) is 19.4 Å². The van der Waals surface area contributed by atoms with E-state index in [9.17, 15) is 19.3 Å². The van der Waals surface area contributed by atoms with Crippen LogP contribution in [-0.4, -0.2) is 52.3 Å².